The summed E-state index contributed by atoms with van der Waals surface area (Å²) in [4.78, 5) is 27.3. The lowest BCUT2D eigenvalue weighted by Crippen LogP contribution is -2.27. The molecule has 4 aromatic carbocycles. The van der Waals surface area contributed by atoms with Gasteiger partial charge in [0.15, 0.2) is 11.5 Å². The second kappa shape index (κ2) is 10.6. The number of thioether (sulfide) groups is 1. The molecule has 0 saturated carbocycles. The van der Waals surface area contributed by atoms with Crippen LogP contribution in [0.4, 0.5) is 4.79 Å². The maximum Gasteiger partial charge on any atom is 0.293 e. The maximum absolute atomic E-state index is 13.0. The molecular weight excluding hydrogens is 538 g/mol. The summed E-state index contributed by atoms with van der Waals surface area (Å²) in [7, 11) is 1.59. The quantitative estimate of drug-likeness (QED) is 0.220. The number of halogens is 1. The zero-order valence-electron chi connectivity index (χ0n) is 19.4. The third-order valence-corrected chi connectivity index (χ3v) is 7.59. The molecule has 0 bridgehead atoms. The molecule has 0 N–H and O–H groups in total. The first-order chi connectivity index (χ1) is 17.5. The Hall–Kier alpha value is -3.55. The van der Waals surface area contributed by atoms with Gasteiger partial charge in [0.2, 0.25) is 0 Å². The Bertz CT molecular complexity index is 1490. The van der Waals surface area contributed by atoms with Crippen molar-refractivity contribution in [2.75, 3.05) is 7.11 Å². The van der Waals surface area contributed by atoms with Gasteiger partial charge in [-0.3, -0.25) is 14.5 Å². The van der Waals surface area contributed by atoms with E-state index in [1.165, 1.54) is 4.90 Å². The number of fused-ring (bicyclic) bond motifs is 1. The molecule has 4 aromatic rings. The molecule has 0 aliphatic carbocycles. The van der Waals surface area contributed by atoms with E-state index >= 15 is 0 Å². The van der Waals surface area contributed by atoms with Gasteiger partial charge in [-0.15, -0.1) is 0 Å². The number of methoxy groups -OCH3 is 1. The summed E-state index contributed by atoms with van der Waals surface area (Å²) in [6.07, 6.45) is 1.72. The SMILES string of the molecule is COc1ccc(/C=C2\SC(=O)N(Cc3ccccc3Br)C2=O)cc1OCc1cccc2ccccc12. The average molecular weight is 560 g/mol. The molecule has 0 unspecified atom stereocenters. The van der Waals surface area contributed by atoms with Gasteiger partial charge < -0.3 is 9.47 Å². The number of imide groups is 1. The molecule has 1 heterocycles. The van der Waals surface area contributed by atoms with Crippen molar-refractivity contribution in [2.24, 2.45) is 0 Å². The van der Waals surface area contributed by atoms with E-state index < -0.39 is 0 Å². The zero-order chi connectivity index (χ0) is 25.1. The monoisotopic (exact) mass is 559 g/mol. The molecule has 1 saturated heterocycles. The zero-order valence-corrected chi connectivity index (χ0v) is 21.8. The van der Waals surface area contributed by atoms with Crippen LogP contribution in [0, 0.1) is 0 Å². The summed E-state index contributed by atoms with van der Waals surface area (Å²) in [6.45, 7) is 0.578. The first-order valence-corrected chi connectivity index (χ1v) is 12.9. The van der Waals surface area contributed by atoms with E-state index in [4.69, 9.17) is 9.47 Å². The van der Waals surface area contributed by atoms with E-state index in [9.17, 15) is 9.59 Å². The fourth-order valence-electron chi connectivity index (χ4n) is 4.05. The number of nitrogens with zero attached hydrogens (tertiary/aromatic N) is 1. The Morgan fingerprint density at radius 3 is 2.47 bits per heavy atom. The van der Waals surface area contributed by atoms with Crippen LogP contribution in [-0.4, -0.2) is 23.2 Å². The van der Waals surface area contributed by atoms with Crippen LogP contribution in [0.25, 0.3) is 16.8 Å². The minimum absolute atomic E-state index is 0.214. The second-order valence-corrected chi connectivity index (χ2v) is 10.0. The summed E-state index contributed by atoms with van der Waals surface area (Å²) < 4.78 is 12.5. The van der Waals surface area contributed by atoms with Crippen molar-refractivity contribution < 1.29 is 19.1 Å². The van der Waals surface area contributed by atoms with Crippen molar-refractivity contribution in [3.05, 3.63) is 111 Å². The smallest absolute Gasteiger partial charge is 0.293 e. The van der Waals surface area contributed by atoms with Crippen molar-refractivity contribution in [3.63, 3.8) is 0 Å². The van der Waals surface area contributed by atoms with Crippen molar-refractivity contribution in [3.8, 4) is 11.5 Å². The van der Waals surface area contributed by atoms with Crippen LogP contribution in [0.2, 0.25) is 0 Å². The molecule has 180 valence electrons. The number of ether oxygens (including phenoxy) is 2. The predicted octanol–water partition coefficient (Wildman–Crippen LogP) is 7.43. The normalized spacial score (nSPS) is 14.6. The Morgan fingerprint density at radius 1 is 0.889 bits per heavy atom. The van der Waals surface area contributed by atoms with Crippen LogP contribution in [0.5, 0.6) is 11.5 Å². The van der Waals surface area contributed by atoms with Crippen LogP contribution < -0.4 is 9.47 Å². The average Bonchev–Trinajstić information content (AvgIpc) is 3.16. The molecule has 0 radical (unpaired) electrons. The molecule has 7 heteroatoms. The number of carbonyl (C=O) groups is 2. The molecule has 1 fully saturated rings. The lowest BCUT2D eigenvalue weighted by atomic mass is 10.1. The van der Waals surface area contributed by atoms with Crippen molar-refractivity contribution >= 4 is 55.7 Å². The summed E-state index contributed by atoms with van der Waals surface area (Å²) in [5, 5.41) is 1.99. The number of rotatable bonds is 7. The molecule has 5 nitrogen and oxygen atoms in total. The van der Waals surface area contributed by atoms with Crippen molar-refractivity contribution in [1.29, 1.82) is 0 Å². The van der Waals surface area contributed by atoms with Gasteiger partial charge in [0, 0.05) is 4.47 Å². The number of benzene rings is 4. The molecule has 36 heavy (non-hydrogen) atoms. The minimum Gasteiger partial charge on any atom is -0.493 e. The Balaban J connectivity index is 1.37. The van der Waals surface area contributed by atoms with Gasteiger partial charge in [-0.25, -0.2) is 0 Å². The number of amides is 2. The highest BCUT2D eigenvalue weighted by Gasteiger charge is 2.35. The second-order valence-electron chi connectivity index (χ2n) is 8.20. The maximum atomic E-state index is 13.0. The fourth-order valence-corrected chi connectivity index (χ4v) is 5.30. The van der Waals surface area contributed by atoms with Gasteiger partial charge in [-0.05, 0) is 63.5 Å². The van der Waals surface area contributed by atoms with E-state index in [1.807, 2.05) is 60.7 Å². The molecule has 1 aliphatic rings. The molecule has 0 spiro atoms. The molecule has 2 amide bonds. The minimum atomic E-state index is -0.310. The lowest BCUT2D eigenvalue weighted by Gasteiger charge is -2.14. The largest absolute Gasteiger partial charge is 0.493 e. The number of hydrogen-bond acceptors (Lipinski definition) is 5. The first kappa shape index (κ1) is 24.2. The highest BCUT2D eigenvalue weighted by atomic mass is 79.9. The van der Waals surface area contributed by atoms with Gasteiger partial charge in [0.1, 0.15) is 6.61 Å². The van der Waals surface area contributed by atoms with Crippen LogP contribution in [0.3, 0.4) is 0 Å². The van der Waals surface area contributed by atoms with Crippen LogP contribution in [-0.2, 0) is 17.9 Å². The van der Waals surface area contributed by atoms with E-state index in [-0.39, 0.29) is 17.7 Å². The van der Waals surface area contributed by atoms with Crippen molar-refractivity contribution in [2.45, 2.75) is 13.2 Å². The summed E-state index contributed by atoms with van der Waals surface area (Å²) >= 11 is 4.42. The summed E-state index contributed by atoms with van der Waals surface area (Å²) in [6, 6.07) is 27.3. The van der Waals surface area contributed by atoms with Gasteiger partial charge >= 0.3 is 0 Å². The fraction of sp³-hybridized carbons (Fsp3) is 0.103. The van der Waals surface area contributed by atoms with Crippen molar-refractivity contribution in [1.82, 2.24) is 4.90 Å². The first-order valence-electron chi connectivity index (χ1n) is 11.3. The highest BCUT2D eigenvalue weighted by Crippen LogP contribution is 2.36. The summed E-state index contributed by atoms with van der Waals surface area (Å²) in [5.74, 6) is 0.843. The van der Waals surface area contributed by atoms with E-state index in [0.29, 0.717) is 23.0 Å². The van der Waals surface area contributed by atoms with Crippen LogP contribution in [0.1, 0.15) is 16.7 Å². The lowest BCUT2D eigenvalue weighted by molar-refractivity contribution is -0.123. The summed E-state index contributed by atoms with van der Waals surface area (Å²) in [5.41, 5.74) is 2.68. The Kier molecular flexibility index (Phi) is 7.11. The van der Waals surface area contributed by atoms with Gasteiger partial charge in [0.05, 0.1) is 18.6 Å². The standard InChI is InChI=1S/C29H22BrNO4S/c1-34-25-14-13-19(15-26(25)35-18-22-10-6-9-20-7-2-4-11-23(20)22)16-27-28(32)31(29(33)36-27)17-21-8-3-5-12-24(21)30/h2-16H,17-18H2,1H3/b27-16-. The molecule has 0 atom stereocenters. The van der Waals surface area contributed by atoms with Crippen LogP contribution in [0.15, 0.2) is 94.3 Å². The van der Waals surface area contributed by atoms with Gasteiger partial charge in [0.25, 0.3) is 11.1 Å². The Morgan fingerprint density at radius 2 is 1.64 bits per heavy atom. The van der Waals surface area contributed by atoms with Gasteiger partial charge in [-0.2, -0.15) is 0 Å². The van der Waals surface area contributed by atoms with E-state index in [2.05, 4.69) is 34.1 Å². The third-order valence-electron chi connectivity index (χ3n) is 5.91. The molecular formula is C29H22BrNO4S. The number of hydrogen-bond donors (Lipinski definition) is 0. The molecule has 1 aliphatic heterocycles. The molecule has 0 aromatic heterocycles. The van der Waals surface area contributed by atoms with E-state index in [0.717, 1.165) is 43.7 Å². The predicted molar refractivity (Wildman–Crippen MR) is 147 cm³/mol. The number of carbonyl (C=O) groups excluding carboxylic acids is 2. The van der Waals surface area contributed by atoms with Gasteiger partial charge in [-0.1, -0.05) is 82.7 Å². The third kappa shape index (κ3) is 5.03. The highest BCUT2D eigenvalue weighted by molar-refractivity contribution is 9.10. The Labute approximate surface area is 221 Å². The molecule has 5 rings (SSSR count). The van der Waals surface area contributed by atoms with Crippen LogP contribution >= 0.6 is 27.7 Å². The van der Waals surface area contributed by atoms with E-state index in [1.54, 1.807) is 19.3 Å². The topological polar surface area (TPSA) is 55.8 Å².